The zero-order chi connectivity index (χ0) is 9.90. The Morgan fingerprint density at radius 2 is 2.15 bits per heavy atom. The van der Waals surface area contributed by atoms with Crippen LogP contribution in [0.2, 0.25) is 5.28 Å². The van der Waals surface area contributed by atoms with Crippen LogP contribution in [-0.2, 0) is 0 Å². The van der Waals surface area contributed by atoms with Gasteiger partial charge in [-0.25, -0.2) is 4.98 Å². The van der Waals surface area contributed by atoms with Gasteiger partial charge >= 0.3 is 6.18 Å². The third-order valence-electron chi connectivity index (χ3n) is 0.984. The fourth-order valence-corrected chi connectivity index (χ4v) is 0.695. The highest BCUT2D eigenvalue weighted by Crippen LogP contribution is 2.17. The van der Waals surface area contributed by atoms with E-state index < -0.39 is 12.8 Å². The van der Waals surface area contributed by atoms with Crippen LogP contribution in [0.15, 0.2) is 12.3 Å². The van der Waals surface area contributed by atoms with Crippen LogP contribution >= 0.6 is 11.6 Å². The Balaban J connectivity index is 2.55. The molecule has 1 aromatic rings. The molecular weight excluding hydrogens is 209 g/mol. The van der Waals surface area contributed by atoms with E-state index in [1.807, 2.05) is 0 Å². The van der Waals surface area contributed by atoms with Gasteiger partial charge in [0.25, 0.3) is 0 Å². The Morgan fingerprint density at radius 3 is 2.69 bits per heavy atom. The summed E-state index contributed by atoms with van der Waals surface area (Å²) in [5.74, 6) is -0.197. The Bertz CT molecular complexity index is 291. The van der Waals surface area contributed by atoms with Crippen LogP contribution in [-0.4, -0.2) is 22.8 Å². The number of aromatic nitrogens is 2. The average molecular weight is 213 g/mol. The lowest BCUT2D eigenvalue weighted by Crippen LogP contribution is -2.19. The Kier molecular flexibility index (Phi) is 2.92. The number of nitrogens with zero attached hydrogens (tertiary/aromatic N) is 2. The van der Waals surface area contributed by atoms with Crippen molar-refractivity contribution >= 4 is 11.6 Å². The minimum Gasteiger partial charge on any atom is -0.468 e. The van der Waals surface area contributed by atoms with Crippen molar-refractivity contribution in [1.82, 2.24) is 9.97 Å². The maximum Gasteiger partial charge on any atom is 0.422 e. The summed E-state index contributed by atoms with van der Waals surface area (Å²) in [6.45, 7) is -1.39. The Morgan fingerprint density at radius 1 is 1.46 bits per heavy atom. The van der Waals surface area contributed by atoms with Crippen molar-refractivity contribution < 1.29 is 17.9 Å². The van der Waals surface area contributed by atoms with Gasteiger partial charge in [-0.3, -0.25) is 0 Å². The van der Waals surface area contributed by atoms with Crippen molar-refractivity contribution in [3.63, 3.8) is 0 Å². The molecule has 0 aromatic carbocycles. The monoisotopic (exact) mass is 212 g/mol. The molecule has 0 spiro atoms. The van der Waals surface area contributed by atoms with Crippen LogP contribution in [0.25, 0.3) is 0 Å². The van der Waals surface area contributed by atoms with E-state index in [0.717, 1.165) is 0 Å². The van der Waals surface area contributed by atoms with Crippen LogP contribution in [0.4, 0.5) is 13.2 Å². The first kappa shape index (κ1) is 10.0. The van der Waals surface area contributed by atoms with Gasteiger partial charge in [0.2, 0.25) is 11.2 Å². The number of hydrogen-bond donors (Lipinski definition) is 0. The van der Waals surface area contributed by atoms with Crippen molar-refractivity contribution in [2.24, 2.45) is 0 Å². The molecule has 0 atom stereocenters. The second-order valence-corrected chi connectivity index (χ2v) is 2.41. The lowest BCUT2D eigenvalue weighted by Gasteiger charge is -2.07. The first-order valence-electron chi connectivity index (χ1n) is 3.15. The molecule has 13 heavy (non-hydrogen) atoms. The van der Waals surface area contributed by atoms with E-state index in [9.17, 15) is 13.2 Å². The minimum absolute atomic E-state index is 0.153. The summed E-state index contributed by atoms with van der Waals surface area (Å²) in [4.78, 5) is 6.89. The summed E-state index contributed by atoms with van der Waals surface area (Å²) in [6, 6.07) is 1.19. The normalized spacial score (nSPS) is 11.4. The van der Waals surface area contributed by atoms with Gasteiger partial charge in [0, 0.05) is 12.3 Å². The Labute approximate surface area is 76.5 Å². The summed E-state index contributed by atoms with van der Waals surface area (Å²) in [7, 11) is 0. The lowest BCUT2D eigenvalue weighted by molar-refractivity contribution is -0.154. The molecule has 0 unspecified atom stereocenters. The molecule has 0 fully saturated rings. The maximum atomic E-state index is 11.6. The van der Waals surface area contributed by atoms with Gasteiger partial charge in [-0.15, -0.1) is 0 Å². The molecule has 0 saturated carbocycles. The van der Waals surface area contributed by atoms with Crippen molar-refractivity contribution in [1.29, 1.82) is 0 Å². The largest absolute Gasteiger partial charge is 0.468 e. The first-order valence-corrected chi connectivity index (χ1v) is 3.53. The average Bonchev–Trinajstić information content (AvgIpc) is 2.00. The molecule has 1 aromatic heterocycles. The van der Waals surface area contributed by atoms with Crippen LogP contribution in [0.1, 0.15) is 0 Å². The number of halogens is 4. The molecule has 7 heteroatoms. The maximum absolute atomic E-state index is 11.6. The molecule has 72 valence electrons. The fourth-order valence-electron chi connectivity index (χ4n) is 0.556. The molecule has 3 nitrogen and oxygen atoms in total. The molecule has 0 saturated heterocycles. The minimum atomic E-state index is -4.38. The van der Waals surface area contributed by atoms with Gasteiger partial charge in [0.15, 0.2) is 6.61 Å². The highest BCUT2D eigenvalue weighted by atomic mass is 35.5. The van der Waals surface area contributed by atoms with Gasteiger partial charge in [0.05, 0.1) is 0 Å². The zero-order valence-corrected chi connectivity index (χ0v) is 6.93. The van der Waals surface area contributed by atoms with Crippen molar-refractivity contribution in [2.45, 2.75) is 6.18 Å². The third-order valence-corrected chi connectivity index (χ3v) is 1.17. The molecule has 1 rings (SSSR count). The molecular formula is C6H4ClF3N2O. The summed E-state index contributed by atoms with van der Waals surface area (Å²) in [5.41, 5.74) is 0. The predicted octanol–water partition coefficient (Wildman–Crippen LogP) is 2.07. The predicted molar refractivity (Wildman–Crippen MR) is 38.6 cm³/mol. The van der Waals surface area contributed by atoms with Crippen molar-refractivity contribution in [2.75, 3.05) is 6.61 Å². The lowest BCUT2D eigenvalue weighted by atomic mass is 10.6. The smallest absolute Gasteiger partial charge is 0.422 e. The quantitative estimate of drug-likeness (QED) is 0.704. The summed E-state index contributed by atoms with van der Waals surface area (Å²) >= 11 is 5.31. The number of alkyl halides is 3. The van der Waals surface area contributed by atoms with E-state index in [2.05, 4.69) is 14.7 Å². The summed E-state index contributed by atoms with van der Waals surface area (Å²) in [6.07, 6.45) is -3.17. The molecule has 0 bridgehead atoms. The molecule has 1 heterocycles. The highest BCUT2D eigenvalue weighted by molar-refractivity contribution is 6.28. The van der Waals surface area contributed by atoms with Gasteiger partial charge in [-0.2, -0.15) is 18.2 Å². The van der Waals surface area contributed by atoms with E-state index in [1.54, 1.807) is 0 Å². The molecule has 0 aliphatic carbocycles. The molecule has 0 radical (unpaired) electrons. The molecule has 0 aliphatic heterocycles. The van der Waals surface area contributed by atoms with E-state index >= 15 is 0 Å². The van der Waals surface area contributed by atoms with Crippen molar-refractivity contribution in [3.05, 3.63) is 17.5 Å². The van der Waals surface area contributed by atoms with Gasteiger partial charge in [-0.05, 0) is 11.6 Å². The molecule has 0 N–H and O–H groups in total. The first-order chi connectivity index (χ1) is 5.97. The van der Waals surface area contributed by atoms with Gasteiger partial charge < -0.3 is 4.74 Å². The topological polar surface area (TPSA) is 35.0 Å². The van der Waals surface area contributed by atoms with E-state index in [-0.39, 0.29) is 11.2 Å². The summed E-state index contributed by atoms with van der Waals surface area (Å²) in [5, 5.41) is -0.153. The third kappa shape index (κ3) is 3.93. The number of hydrogen-bond acceptors (Lipinski definition) is 3. The Hall–Kier alpha value is -1.04. The second kappa shape index (κ2) is 3.78. The van der Waals surface area contributed by atoms with Crippen LogP contribution < -0.4 is 4.74 Å². The van der Waals surface area contributed by atoms with Crippen LogP contribution in [0.3, 0.4) is 0 Å². The summed E-state index contributed by atoms with van der Waals surface area (Å²) < 4.78 is 39.2. The van der Waals surface area contributed by atoms with Crippen LogP contribution in [0, 0.1) is 0 Å². The SMILES string of the molecule is FC(F)(F)COc1ccnc(Cl)n1. The number of rotatable bonds is 2. The van der Waals surface area contributed by atoms with Crippen LogP contribution in [0.5, 0.6) is 5.88 Å². The highest BCUT2D eigenvalue weighted by Gasteiger charge is 2.28. The number of ether oxygens (including phenoxy) is 1. The standard InChI is InChI=1S/C6H4ClF3N2O/c7-5-11-2-1-4(12-5)13-3-6(8,9)10/h1-2H,3H2. The van der Waals surface area contributed by atoms with E-state index in [4.69, 9.17) is 11.6 Å². The molecule has 0 aliphatic rings. The van der Waals surface area contributed by atoms with E-state index in [0.29, 0.717) is 0 Å². The fraction of sp³-hybridized carbons (Fsp3) is 0.333. The zero-order valence-electron chi connectivity index (χ0n) is 6.18. The molecule has 0 amide bonds. The van der Waals surface area contributed by atoms with Gasteiger partial charge in [-0.1, -0.05) is 0 Å². The van der Waals surface area contributed by atoms with E-state index in [1.165, 1.54) is 12.3 Å². The van der Waals surface area contributed by atoms with Crippen molar-refractivity contribution in [3.8, 4) is 5.88 Å². The second-order valence-electron chi connectivity index (χ2n) is 2.07. The van der Waals surface area contributed by atoms with Gasteiger partial charge in [0.1, 0.15) is 0 Å².